The number of nitrogens with zero attached hydrogens (tertiary/aromatic N) is 1. The molecule has 1 unspecified atom stereocenters. The minimum absolute atomic E-state index is 0.00392. The number of ether oxygens (including phenoxy) is 1. The van der Waals surface area contributed by atoms with Gasteiger partial charge < -0.3 is 14.3 Å². The Labute approximate surface area is 150 Å². The molecule has 2 heterocycles. The molecule has 0 spiro atoms. The molecule has 0 saturated carbocycles. The van der Waals surface area contributed by atoms with Gasteiger partial charge in [-0.05, 0) is 49.9 Å². The van der Waals surface area contributed by atoms with Crippen LogP contribution in [0.1, 0.15) is 36.3 Å². The lowest BCUT2D eigenvalue weighted by Crippen LogP contribution is -2.45. The van der Waals surface area contributed by atoms with Gasteiger partial charge in [-0.1, -0.05) is 30.3 Å². The van der Waals surface area contributed by atoms with Gasteiger partial charge in [0, 0.05) is 25.7 Å². The van der Waals surface area contributed by atoms with Gasteiger partial charge in [-0.15, -0.1) is 0 Å². The van der Waals surface area contributed by atoms with Crippen LogP contribution in [-0.2, 0) is 24.3 Å². The summed E-state index contributed by atoms with van der Waals surface area (Å²) in [5.74, 6) is 1.84. The third kappa shape index (κ3) is 4.94. The van der Waals surface area contributed by atoms with Gasteiger partial charge in [0.15, 0.2) is 0 Å². The third-order valence-electron chi connectivity index (χ3n) is 5.25. The molecule has 4 heteroatoms. The summed E-state index contributed by atoms with van der Waals surface area (Å²) in [5, 5.41) is 10.1. The van der Waals surface area contributed by atoms with Gasteiger partial charge >= 0.3 is 0 Å². The highest BCUT2D eigenvalue weighted by molar-refractivity contribution is 5.15. The number of aliphatic hydroxyl groups is 1. The van der Waals surface area contributed by atoms with Crippen molar-refractivity contribution >= 4 is 0 Å². The molecule has 1 aliphatic heterocycles. The minimum atomic E-state index is -0.00392. The van der Waals surface area contributed by atoms with E-state index < -0.39 is 0 Å². The van der Waals surface area contributed by atoms with Crippen LogP contribution in [0.25, 0.3) is 0 Å². The molecule has 1 atom stereocenters. The number of hydrogen-bond acceptors (Lipinski definition) is 4. The fourth-order valence-corrected chi connectivity index (χ4v) is 3.86. The first-order valence-electron chi connectivity index (χ1n) is 9.17. The molecule has 0 radical (unpaired) electrons. The van der Waals surface area contributed by atoms with Crippen molar-refractivity contribution in [1.29, 1.82) is 0 Å². The third-order valence-corrected chi connectivity index (χ3v) is 5.25. The second kappa shape index (κ2) is 8.65. The minimum Gasteiger partial charge on any atom is -0.462 e. The van der Waals surface area contributed by atoms with Crippen LogP contribution in [0.4, 0.5) is 0 Å². The van der Waals surface area contributed by atoms with E-state index in [1.54, 1.807) is 7.11 Å². The number of aryl methyl sites for hydroxylation is 1. The van der Waals surface area contributed by atoms with Gasteiger partial charge in [-0.3, -0.25) is 4.90 Å². The smallest absolute Gasteiger partial charge is 0.129 e. The molecule has 1 fully saturated rings. The van der Waals surface area contributed by atoms with Crippen LogP contribution in [0.15, 0.2) is 46.9 Å². The highest BCUT2D eigenvalue weighted by atomic mass is 16.5. The predicted molar refractivity (Wildman–Crippen MR) is 98.2 cm³/mol. The van der Waals surface area contributed by atoms with Crippen molar-refractivity contribution < 1.29 is 14.3 Å². The Morgan fingerprint density at radius 2 is 1.96 bits per heavy atom. The normalized spacial score (nSPS) is 21.5. The molecule has 1 aliphatic rings. The van der Waals surface area contributed by atoms with E-state index in [1.807, 2.05) is 12.1 Å². The summed E-state index contributed by atoms with van der Waals surface area (Å²) in [6, 6.07) is 14.6. The standard InChI is InChI=1S/C21H29NO3/c1-24-15-20-9-8-19(25-20)14-22-13-5-11-21(16-22,17-23)12-10-18-6-3-2-4-7-18/h2-4,6-9,23H,5,10-17H2,1H3. The van der Waals surface area contributed by atoms with Crippen LogP contribution in [0.3, 0.4) is 0 Å². The summed E-state index contributed by atoms with van der Waals surface area (Å²) in [6.45, 7) is 3.56. The van der Waals surface area contributed by atoms with Crippen LogP contribution in [-0.4, -0.2) is 36.8 Å². The molecular weight excluding hydrogens is 314 g/mol. The largest absolute Gasteiger partial charge is 0.462 e. The van der Waals surface area contributed by atoms with Crippen LogP contribution < -0.4 is 0 Å². The predicted octanol–water partition coefficient (Wildman–Crippen LogP) is 3.63. The highest BCUT2D eigenvalue weighted by Gasteiger charge is 2.34. The maximum atomic E-state index is 10.1. The Morgan fingerprint density at radius 1 is 1.16 bits per heavy atom. The summed E-state index contributed by atoms with van der Waals surface area (Å²) in [5.41, 5.74) is 1.35. The molecule has 0 aliphatic carbocycles. The molecule has 1 aromatic carbocycles. The molecule has 2 aromatic rings. The summed E-state index contributed by atoms with van der Waals surface area (Å²) in [6.07, 6.45) is 4.27. The lowest BCUT2D eigenvalue weighted by atomic mass is 9.76. The van der Waals surface area contributed by atoms with E-state index in [-0.39, 0.29) is 12.0 Å². The number of likely N-dealkylation sites (tertiary alicyclic amines) is 1. The van der Waals surface area contributed by atoms with E-state index in [0.717, 1.165) is 56.8 Å². The van der Waals surface area contributed by atoms with Crippen molar-refractivity contribution in [2.24, 2.45) is 5.41 Å². The van der Waals surface area contributed by atoms with E-state index in [1.165, 1.54) is 5.56 Å². The molecule has 1 N–H and O–H groups in total. The number of benzene rings is 1. The fraction of sp³-hybridized carbons (Fsp3) is 0.524. The SMILES string of the molecule is COCc1ccc(CN2CCCC(CO)(CCc3ccccc3)C2)o1. The van der Waals surface area contributed by atoms with Crippen molar-refractivity contribution in [1.82, 2.24) is 4.90 Å². The molecule has 3 rings (SSSR count). The summed E-state index contributed by atoms with van der Waals surface area (Å²) >= 11 is 0. The van der Waals surface area contributed by atoms with Gasteiger partial charge in [0.2, 0.25) is 0 Å². The maximum absolute atomic E-state index is 10.1. The van der Waals surface area contributed by atoms with E-state index in [9.17, 15) is 5.11 Å². The molecule has 25 heavy (non-hydrogen) atoms. The van der Waals surface area contributed by atoms with Crippen molar-refractivity contribution in [2.75, 3.05) is 26.8 Å². The second-order valence-corrected chi connectivity index (χ2v) is 7.26. The fourth-order valence-electron chi connectivity index (χ4n) is 3.86. The number of aliphatic hydroxyl groups excluding tert-OH is 1. The van der Waals surface area contributed by atoms with Crippen molar-refractivity contribution in [3.63, 3.8) is 0 Å². The quantitative estimate of drug-likeness (QED) is 0.795. The van der Waals surface area contributed by atoms with Crippen molar-refractivity contribution in [3.05, 3.63) is 59.5 Å². The zero-order valence-electron chi connectivity index (χ0n) is 15.1. The molecule has 0 bridgehead atoms. The number of hydrogen-bond donors (Lipinski definition) is 1. The number of furan rings is 1. The Kier molecular flexibility index (Phi) is 6.29. The zero-order valence-corrected chi connectivity index (χ0v) is 15.1. The average molecular weight is 343 g/mol. The Balaban J connectivity index is 1.59. The zero-order chi connectivity index (χ0) is 17.5. The molecule has 1 saturated heterocycles. The topological polar surface area (TPSA) is 45.8 Å². The van der Waals surface area contributed by atoms with Gasteiger partial charge in [0.25, 0.3) is 0 Å². The maximum Gasteiger partial charge on any atom is 0.129 e. The van der Waals surface area contributed by atoms with Crippen LogP contribution in [0, 0.1) is 5.41 Å². The summed E-state index contributed by atoms with van der Waals surface area (Å²) < 4.78 is 10.9. The van der Waals surface area contributed by atoms with Crippen LogP contribution >= 0.6 is 0 Å². The lowest BCUT2D eigenvalue weighted by Gasteiger charge is -2.41. The molecular formula is C21H29NO3. The molecule has 1 aromatic heterocycles. The Hall–Kier alpha value is -1.62. The first-order chi connectivity index (χ1) is 12.2. The van der Waals surface area contributed by atoms with Crippen LogP contribution in [0.5, 0.6) is 0 Å². The Bertz CT molecular complexity index is 640. The van der Waals surface area contributed by atoms with E-state index >= 15 is 0 Å². The molecule has 0 amide bonds. The van der Waals surface area contributed by atoms with Gasteiger partial charge in [0.1, 0.15) is 18.1 Å². The summed E-state index contributed by atoms with van der Waals surface area (Å²) in [4.78, 5) is 2.42. The van der Waals surface area contributed by atoms with E-state index in [2.05, 4.69) is 35.2 Å². The van der Waals surface area contributed by atoms with Gasteiger partial charge in [0.05, 0.1) is 6.54 Å². The van der Waals surface area contributed by atoms with Crippen LogP contribution in [0.2, 0.25) is 0 Å². The lowest BCUT2D eigenvalue weighted by molar-refractivity contribution is 0.0195. The van der Waals surface area contributed by atoms with Gasteiger partial charge in [-0.25, -0.2) is 0 Å². The summed E-state index contributed by atoms with van der Waals surface area (Å²) in [7, 11) is 1.68. The number of rotatable bonds is 8. The monoisotopic (exact) mass is 343 g/mol. The number of piperidine rings is 1. The van der Waals surface area contributed by atoms with E-state index in [4.69, 9.17) is 9.15 Å². The van der Waals surface area contributed by atoms with Gasteiger partial charge in [-0.2, -0.15) is 0 Å². The average Bonchev–Trinajstić information content (AvgIpc) is 3.08. The van der Waals surface area contributed by atoms with Crippen molar-refractivity contribution in [2.45, 2.75) is 38.8 Å². The van der Waals surface area contributed by atoms with Crippen molar-refractivity contribution in [3.8, 4) is 0 Å². The highest BCUT2D eigenvalue weighted by Crippen LogP contribution is 2.35. The number of methoxy groups -OCH3 is 1. The van der Waals surface area contributed by atoms with E-state index in [0.29, 0.717) is 6.61 Å². The Morgan fingerprint density at radius 3 is 2.72 bits per heavy atom. The molecule has 4 nitrogen and oxygen atoms in total. The first kappa shape index (κ1) is 18.2. The molecule has 136 valence electrons. The second-order valence-electron chi connectivity index (χ2n) is 7.26. The first-order valence-corrected chi connectivity index (χ1v) is 9.17.